The first kappa shape index (κ1) is 15.7. The number of hydrogen-bond acceptors (Lipinski definition) is 3. The molecule has 2 aliphatic rings. The molecule has 0 aromatic heterocycles. The van der Waals surface area contributed by atoms with Gasteiger partial charge in [0.05, 0.1) is 11.4 Å². The van der Waals surface area contributed by atoms with E-state index < -0.39 is 0 Å². The van der Waals surface area contributed by atoms with Crippen LogP contribution in [-0.2, 0) is 4.79 Å². The van der Waals surface area contributed by atoms with Gasteiger partial charge in [0.2, 0.25) is 5.91 Å². The minimum atomic E-state index is -0.0331. The number of carbonyl (C=O) groups excluding carboxylic acids is 2. The second kappa shape index (κ2) is 6.24. The van der Waals surface area contributed by atoms with Gasteiger partial charge in [0.1, 0.15) is 0 Å². The molecule has 5 heteroatoms. The molecule has 2 heterocycles. The van der Waals surface area contributed by atoms with Gasteiger partial charge in [0.25, 0.3) is 5.91 Å². The third-order valence-electron chi connectivity index (χ3n) is 4.78. The lowest BCUT2D eigenvalue weighted by Crippen LogP contribution is -2.43. The summed E-state index contributed by atoms with van der Waals surface area (Å²) < 4.78 is 0. The summed E-state index contributed by atoms with van der Waals surface area (Å²) in [5.74, 6) is 0.0973. The number of para-hydroxylation sites is 2. The van der Waals surface area contributed by atoms with Gasteiger partial charge in [-0.05, 0) is 43.7 Å². The summed E-state index contributed by atoms with van der Waals surface area (Å²) in [5.41, 5.74) is 3.29. The van der Waals surface area contributed by atoms with Gasteiger partial charge in [-0.2, -0.15) is 0 Å². The Morgan fingerprint density at radius 3 is 2.80 bits per heavy atom. The first-order valence-electron chi connectivity index (χ1n) is 8.71. The maximum atomic E-state index is 13.2. The van der Waals surface area contributed by atoms with Crippen LogP contribution in [0.1, 0.15) is 30.1 Å². The predicted octanol–water partition coefficient (Wildman–Crippen LogP) is 3.27. The van der Waals surface area contributed by atoms with Crippen LogP contribution < -0.4 is 15.1 Å². The maximum absolute atomic E-state index is 13.2. The molecule has 2 amide bonds. The first-order valence-corrected chi connectivity index (χ1v) is 8.71. The summed E-state index contributed by atoms with van der Waals surface area (Å²) >= 11 is 0. The molecule has 2 aromatic carbocycles. The largest absolute Gasteiger partial charge is 0.379 e. The Labute approximate surface area is 147 Å². The lowest BCUT2D eigenvalue weighted by Gasteiger charge is -2.34. The highest BCUT2D eigenvalue weighted by Gasteiger charge is 2.28. The van der Waals surface area contributed by atoms with Gasteiger partial charge >= 0.3 is 0 Å². The standard InChI is InChI=1S/C20H21N3O2/c1-14-13-23(18-9-3-2-8-17(18)21-14)20(25)15-6-4-7-16(12-15)22-11-5-10-19(22)24/h2-4,6-9,12,14,21H,5,10-11,13H2,1H3. The van der Waals surface area contributed by atoms with E-state index in [9.17, 15) is 9.59 Å². The van der Waals surface area contributed by atoms with E-state index in [4.69, 9.17) is 0 Å². The third kappa shape index (κ3) is 2.86. The minimum Gasteiger partial charge on any atom is -0.379 e. The SMILES string of the molecule is CC1CN(C(=O)c2cccc(N3CCCC3=O)c2)c2ccccc2N1. The fourth-order valence-electron chi connectivity index (χ4n) is 3.59. The Hall–Kier alpha value is -2.82. The molecule has 1 saturated heterocycles. The lowest BCUT2D eigenvalue weighted by molar-refractivity contribution is -0.117. The molecule has 1 atom stereocenters. The molecule has 4 rings (SSSR count). The molecule has 1 fully saturated rings. The van der Waals surface area contributed by atoms with Crippen molar-refractivity contribution in [3.05, 3.63) is 54.1 Å². The normalized spacial score (nSPS) is 19.6. The van der Waals surface area contributed by atoms with E-state index in [1.807, 2.05) is 53.4 Å². The summed E-state index contributed by atoms with van der Waals surface area (Å²) in [7, 11) is 0. The van der Waals surface area contributed by atoms with Gasteiger partial charge in [-0.15, -0.1) is 0 Å². The minimum absolute atomic E-state index is 0.0331. The van der Waals surface area contributed by atoms with Crippen LogP contribution in [0.15, 0.2) is 48.5 Å². The van der Waals surface area contributed by atoms with Gasteiger partial charge in [0.15, 0.2) is 0 Å². The molecule has 0 bridgehead atoms. The molecule has 0 spiro atoms. The van der Waals surface area contributed by atoms with E-state index >= 15 is 0 Å². The highest BCUT2D eigenvalue weighted by atomic mass is 16.2. The summed E-state index contributed by atoms with van der Waals surface area (Å²) in [6.45, 7) is 3.40. The van der Waals surface area contributed by atoms with Crippen molar-refractivity contribution in [1.82, 2.24) is 0 Å². The Morgan fingerprint density at radius 2 is 2.00 bits per heavy atom. The topological polar surface area (TPSA) is 52.7 Å². The zero-order chi connectivity index (χ0) is 17.4. The van der Waals surface area contributed by atoms with E-state index in [1.54, 1.807) is 4.90 Å². The number of fused-ring (bicyclic) bond motifs is 1. The number of amides is 2. The van der Waals surface area contributed by atoms with Crippen LogP contribution in [-0.4, -0.2) is 30.9 Å². The van der Waals surface area contributed by atoms with Crippen LogP contribution in [0.4, 0.5) is 17.1 Å². The molecule has 1 unspecified atom stereocenters. The average molecular weight is 335 g/mol. The van der Waals surface area contributed by atoms with Gasteiger partial charge in [-0.1, -0.05) is 18.2 Å². The molecule has 1 N–H and O–H groups in total. The van der Waals surface area contributed by atoms with Gasteiger partial charge in [0, 0.05) is 36.8 Å². The van der Waals surface area contributed by atoms with Gasteiger partial charge < -0.3 is 15.1 Å². The monoisotopic (exact) mass is 335 g/mol. The summed E-state index contributed by atoms with van der Waals surface area (Å²) in [6, 6.07) is 15.4. The quantitative estimate of drug-likeness (QED) is 0.916. The molecule has 25 heavy (non-hydrogen) atoms. The second-order valence-electron chi connectivity index (χ2n) is 6.68. The number of anilines is 3. The number of hydrogen-bond donors (Lipinski definition) is 1. The number of nitrogens with zero attached hydrogens (tertiary/aromatic N) is 2. The smallest absolute Gasteiger partial charge is 0.258 e. The van der Waals surface area contributed by atoms with Crippen LogP contribution in [0.5, 0.6) is 0 Å². The highest BCUT2D eigenvalue weighted by molar-refractivity contribution is 6.09. The summed E-state index contributed by atoms with van der Waals surface area (Å²) in [6.07, 6.45) is 1.46. The first-order chi connectivity index (χ1) is 12.1. The number of benzene rings is 2. The fraction of sp³-hybridized carbons (Fsp3) is 0.300. The lowest BCUT2D eigenvalue weighted by atomic mass is 10.1. The molecule has 2 aromatic rings. The van der Waals surface area contributed by atoms with Crippen LogP contribution in [0.25, 0.3) is 0 Å². The average Bonchev–Trinajstić information content (AvgIpc) is 3.06. The molecule has 128 valence electrons. The zero-order valence-electron chi connectivity index (χ0n) is 14.2. The molecule has 5 nitrogen and oxygen atoms in total. The van der Waals surface area contributed by atoms with Crippen molar-refractivity contribution < 1.29 is 9.59 Å². The van der Waals surface area contributed by atoms with E-state index in [0.29, 0.717) is 18.5 Å². The number of nitrogens with one attached hydrogen (secondary N) is 1. The second-order valence-corrected chi connectivity index (χ2v) is 6.68. The zero-order valence-corrected chi connectivity index (χ0v) is 14.2. The van der Waals surface area contributed by atoms with E-state index in [-0.39, 0.29) is 17.9 Å². The van der Waals surface area contributed by atoms with Crippen molar-refractivity contribution in [1.29, 1.82) is 0 Å². The molecule has 2 aliphatic heterocycles. The summed E-state index contributed by atoms with van der Waals surface area (Å²) in [4.78, 5) is 28.7. The number of carbonyl (C=O) groups is 2. The van der Waals surface area contributed by atoms with Crippen molar-refractivity contribution in [3.8, 4) is 0 Å². The van der Waals surface area contributed by atoms with Crippen molar-refractivity contribution in [2.24, 2.45) is 0 Å². The third-order valence-corrected chi connectivity index (χ3v) is 4.78. The Bertz CT molecular complexity index is 833. The van der Waals surface area contributed by atoms with E-state index in [2.05, 4.69) is 12.2 Å². The van der Waals surface area contributed by atoms with Crippen molar-refractivity contribution in [2.45, 2.75) is 25.8 Å². The van der Waals surface area contributed by atoms with Crippen molar-refractivity contribution >= 4 is 28.9 Å². The highest BCUT2D eigenvalue weighted by Crippen LogP contribution is 2.32. The molecule has 0 aliphatic carbocycles. The van der Waals surface area contributed by atoms with Gasteiger partial charge in [-0.25, -0.2) is 0 Å². The fourth-order valence-corrected chi connectivity index (χ4v) is 3.59. The van der Waals surface area contributed by atoms with Crippen LogP contribution in [0, 0.1) is 0 Å². The Balaban J connectivity index is 1.66. The predicted molar refractivity (Wildman–Crippen MR) is 99.2 cm³/mol. The number of rotatable bonds is 2. The molecule has 0 saturated carbocycles. The van der Waals surface area contributed by atoms with Crippen molar-refractivity contribution in [3.63, 3.8) is 0 Å². The molecular formula is C20H21N3O2. The Morgan fingerprint density at radius 1 is 1.16 bits per heavy atom. The van der Waals surface area contributed by atoms with Crippen LogP contribution in [0.2, 0.25) is 0 Å². The Kier molecular flexibility index (Phi) is 3.92. The molecular weight excluding hydrogens is 314 g/mol. The van der Waals surface area contributed by atoms with Crippen LogP contribution in [0.3, 0.4) is 0 Å². The van der Waals surface area contributed by atoms with Crippen molar-refractivity contribution in [2.75, 3.05) is 28.2 Å². The summed E-state index contributed by atoms with van der Waals surface area (Å²) in [5, 5.41) is 3.41. The molecule has 0 radical (unpaired) electrons. The van der Waals surface area contributed by atoms with E-state index in [1.165, 1.54) is 0 Å². The van der Waals surface area contributed by atoms with Gasteiger partial charge in [-0.3, -0.25) is 9.59 Å². The van der Waals surface area contributed by atoms with Crippen LogP contribution >= 0.6 is 0 Å². The van der Waals surface area contributed by atoms with E-state index in [0.717, 1.165) is 30.0 Å². The maximum Gasteiger partial charge on any atom is 0.258 e.